The van der Waals surface area contributed by atoms with Crippen molar-refractivity contribution in [3.63, 3.8) is 0 Å². The molecule has 3 aromatic rings. The van der Waals surface area contributed by atoms with E-state index < -0.39 is 12.0 Å². The third kappa shape index (κ3) is 6.86. The lowest BCUT2D eigenvalue weighted by Gasteiger charge is -2.26. The molecule has 0 unspecified atom stereocenters. The second kappa shape index (κ2) is 12.4. The Kier molecular flexibility index (Phi) is 8.74. The van der Waals surface area contributed by atoms with E-state index in [9.17, 15) is 14.7 Å². The van der Waals surface area contributed by atoms with Gasteiger partial charge in [-0.3, -0.25) is 14.5 Å². The van der Waals surface area contributed by atoms with Crippen molar-refractivity contribution < 1.29 is 24.2 Å². The lowest BCUT2D eigenvalue weighted by molar-refractivity contribution is -0.117. The summed E-state index contributed by atoms with van der Waals surface area (Å²) in [6, 6.07) is 12.8. The largest absolute Gasteiger partial charge is 0.492 e. The van der Waals surface area contributed by atoms with Crippen LogP contribution in [0.3, 0.4) is 0 Å². The second-order valence-corrected chi connectivity index (χ2v) is 8.82. The summed E-state index contributed by atoms with van der Waals surface area (Å²) in [5, 5.41) is 15.2. The molecule has 3 N–H and O–H groups in total. The van der Waals surface area contributed by atoms with Crippen molar-refractivity contribution in [2.24, 2.45) is 5.73 Å². The number of carbonyl (C=O) groups excluding carboxylic acids is 2. The van der Waals surface area contributed by atoms with Gasteiger partial charge in [0, 0.05) is 50.6 Å². The highest BCUT2D eigenvalue weighted by molar-refractivity contribution is 6.04. The number of carbonyl (C=O) groups is 2. The van der Waals surface area contributed by atoms with Crippen LogP contribution in [0.5, 0.6) is 5.75 Å². The molecule has 10 heteroatoms. The minimum Gasteiger partial charge on any atom is -0.492 e. The number of aliphatic hydroxyl groups is 1. The molecule has 1 aliphatic heterocycles. The van der Waals surface area contributed by atoms with Crippen molar-refractivity contribution in [2.75, 3.05) is 53.0 Å². The number of ether oxygens (including phenoxy) is 2. The molecule has 0 saturated carbocycles. The van der Waals surface area contributed by atoms with Gasteiger partial charge in [-0.15, -0.1) is 0 Å². The standard InChI is InChI=1S/C27H31N5O5/c1-30(19-33)10-9-22(34)6-5-20-3-2-4-21(17-20)32-25-8-7-23(18-24(25)26(29-32)27(28)35)37-16-13-31-11-14-36-15-12-31/h2-4,7-8,17-19,22,34H,9-16H2,1H3,(H2,28,35)/t22-/m0/s1. The highest BCUT2D eigenvalue weighted by Gasteiger charge is 2.17. The monoisotopic (exact) mass is 505 g/mol. The van der Waals surface area contributed by atoms with Gasteiger partial charge in [0.25, 0.3) is 5.91 Å². The summed E-state index contributed by atoms with van der Waals surface area (Å²) >= 11 is 0. The summed E-state index contributed by atoms with van der Waals surface area (Å²) in [5.74, 6) is 5.77. The van der Waals surface area contributed by atoms with Crippen molar-refractivity contribution in [2.45, 2.75) is 12.5 Å². The van der Waals surface area contributed by atoms with E-state index in [0.29, 0.717) is 53.9 Å². The Morgan fingerprint density at radius 3 is 2.86 bits per heavy atom. The van der Waals surface area contributed by atoms with Gasteiger partial charge >= 0.3 is 0 Å². The van der Waals surface area contributed by atoms with Crippen LogP contribution in [0.25, 0.3) is 16.6 Å². The van der Waals surface area contributed by atoms with E-state index in [1.165, 1.54) is 4.90 Å². The Labute approximate surface area is 215 Å². The van der Waals surface area contributed by atoms with E-state index in [-0.39, 0.29) is 5.69 Å². The first-order valence-corrected chi connectivity index (χ1v) is 12.2. The van der Waals surface area contributed by atoms with Crippen molar-refractivity contribution >= 4 is 23.2 Å². The lowest BCUT2D eigenvalue weighted by atomic mass is 10.1. The average Bonchev–Trinajstić information content (AvgIpc) is 3.30. The second-order valence-electron chi connectivity index (χ2n) is 8.82. The van der Waals surface area contributed by atoms with Crippen molar-refractivity contribution in [3.05, 3.63) is 53.7 Å². The maximum atomic E-state index is 12.2. The number of morpholine rings is 1. The van der Waals surface area contributed by atoms with Gasteiger partial charge in [0.2, 0.25) is 6.41 Å². The average molecular weight is 506 g/mol. The van der Waals surface area contributed by atoms with E-state index in [0.717, 1.165) is 32.8 Å². The van der Waals surface area contributed by atoms with Gasteiger partial charge in [0.05, 0.1) is 24.4 Å². The summed E-state index contributed by atoms with van der Waals surface area (Å²) in [6.07, 6.45) is 0.198. The van der Waals surface area contributed by atoms with E-state index in [1.807, 2.05) is 36.4 Å². The zero-order valence-electron chi connectivity index (χ0n) is 20.8. The van der Waals surface area contributed by atoms with Crippen LogP contribution in [-0.2, 0) is 9.53 Å². The topological polar surface area (TPSA) is 123 Å². The Morgan fingerprint density at radius 1 is 1.30 bits per heavy atom. The van der Waals surface area contributed by atoms with Crippen molar-refractivity contribution in [1.82, 2.24) is 19.6 Å². The normalized spacial score (nSPS) is 14.5. The molecular weight excluding hydrogens is 474 g/mol. The first-order valence-electron chi connectivity index (χ1n) is 12.2. The Balaban J connectivity index is 1.52. The fraction of sp³-hybridized carbons (Fsp3) is 0.370. The fourth-order valence-corrected chi connectivity index (χ4v) is 4.02. The van der Waals surface area contributed by atoms with Gasteiger partial charge < -0.3 is 25.2 Å². The maximum absolute atomic E-state index is 12.2. The Morgan fingerprint density at radius 2 is 2.11 bits per heavy atom. The van der Waals surface area contributed by atoms with E-state index in [4.69, 9.17) is 15.2 Å². The van der Waals surface area contributed by atoms with Crippen LogP contribution in [0.4, 0.5) is 0 Å². The summed E-state index contributed by atoms with van der Waals surface area (Å²) < 4.78 is 13.0. The van der Waals surface area contributed by atoms with E-state index in [2.05, 4.69) is 21.8 Å². The van der Waals surface area contributed by atoms with Crippen LogP contribution in [-0.4, -0.2) is 96.2 Å². The summed E-state index contributed by atoms with van der Waals surface area (Å²) in [5.41, 5.74) is 7.87. The number of hydrogen-bond acceptors (Lipinski definition) is 7. The predicted molar refractivity (Wildman–Crippen MR) is 139 cm³/mol. The van der Waals surface area contributed by atoms with Gasteiger partial charge in [-0.25, -0.2) is 4.68 Å². The highest BCUT2D eigenvalue weighted by atomic mass is 16.5. The third-order valence-corrected chi connectivity index (χ3v) is 6.07. The van der Waals surface area contributed by atoms with E-state index >= 15 is 0 Å². The van der Waals surface area contributed by atoms with Crippen LogP contribution in [0, 0.1) is 11.8 Å². The van der Waals surface area contributed by atoms with Gasteiger partial charge in [-0.05, 0) is 36.4 Å². The molecule has 1 aromatic heterocycles. The van der Waals surface area contributed by atoms with Gasteiger partial charge in [-0.2, -0.15) is 5.10 Å². The van der Waals surface area contributed by atoms with Crippen LogP contribution in [0.1, 0.15) is 22.5 Å². The zero-order valence-corrected chi connectivity index (χ0v) is 20.8. The number of aliphatic hydroxyl groups excluding tert-OH is 1. The molecular formula is C27H31N5O5. The molecule has 0 bridgehead atoms. The molecule has 0 radical (unpaired) electrons. The Hall–Kier alpha value is -3.91. The Bertz CT molecular complexity index is 1310. The quantitative estimate of drug-likeness (QED) is 0.312. The molecule has 2 heterocycles. The summed E-state index contributed by atoms with van der Waals surface area (Å²) in [4.78, 5) is 26.6. The molecule has 1 aliphatic rings. The van der Waals surface area contributed by atoms with E-state index in [1.54, 1.807) is 17.8 Å². The number of hydrogen-bond donors (Lipinski definition) is 2. The number of nitrogens with two attached hydrogens (primary N) is 1. The molecule has 1 saturated heterocycles. The summed E-state index contributed by atoms with van der Waals surface area (Å²) in [6.45, 7) is 4.97. The molecule has 2 amide bonds. The number of benzene rings is 2. The third-order valence-electron chi connectivity index (χ3n) is 6.07. The van der Waals surface area contributed by atoms with Crippen molar-refractivity contribution in [1.29, 1.82) is 0 Å². The molecule has 194 valence electrons. The minimum atomic E-state index is -0.861. The zero-order chi connectivity index (χ0) is 26.2. The first-order chi connectivity index (χ1) is 17.9. The van der Waals surface area contributed by atoms with Crippen LogP contribution in [0.2, 0.25) is 0 Å². The van der Waals surface area contributed by atoms with Crippen molar-refractivity contribution in [3.8, 4) is 23.3 Å². The number of aromatic nitrogens is 2. The number of amides is 2. The van der Waals surface area contributed by atoms with Crippen LogP contribution >= 0.6 is 0 Å². The number of primary amides is 1. The highest BCUT2D eigenvalue weighted by Crippen LogP contribution is 2.27. The molecule has 2 aromatic carbocycles. The maximum Gasteiger partial charge on any atom is 0.269 e. The SMILES string of the molecule is CN(C=O)CC[C@@H](O)C#Cc1cccc(-n2nc(C(N)=O)c3cc(OCCN4CCOCC4)ccc32)c1. The minimum absolute atomic E-state index is 0.153. The lowest BCUT2D eigenvalue weighted by Crippen LogP contribution is -2.38. The number of fused-ring (bicyclic) bond motifs is 1. The molecule has 1 fully saturated rings. The van der Waals surface area contributed by atoms with Crippen LogP contribution in [0.15, 0.2) is 42.5 Å². The molecule has 10 nitrogen and oxygen atoms in total. The number of rotatable bonds is 10. The molecule has 37 heavy (non-hydrogen) atoms. The number of nitrogens with zero attached hydrogens (tertiary/aromatic N) is 4. The molecule has 0 aliphatic carbocycles. The van der Waals surface area contributed by atoms with Crippen LogP contribution < -0.4 is 10.5 Å². The summed E-state index contributed by atoms with van der Waals surface area (Å²) in [7, 11) is 1.64. The predicted octanol–water partition coefficient (Wildman–Crippen LogP) is 1.03. The molecule has 1 atom stereocenters. The fourth-order valence-electron chi connectivity index (χ4n) is 4.02. The molecule has 4 rings (SSSR count). The molecule has 0 spiro atoms. The smallest absolute Gasteiger partial charge is 0.269 e. The first kappa shape index (κ1) is 26.2. The van der Waals surface area contributed by atoms with Gasteiger partial charge in [-0.1, -0.05) is 17.9 Å². The van der Waals surface area contributed by atoms with Gasteiger partial charge in [0.15, 0.2) is 5.69 Å². The van der Waals surface area contributed by atoms with Gasteiger partial charge in [0.1, 0.15) is 18.5 Å².